The van der Waals surface area contributed by atoms with Crippen molar-refractivity contribution in [2.24, 2.45) is 0 Å². The van der Waals surface area contributed by atoms with Crippen molar-refractivity contribution in [2.45, 2.75) is 0 Å². The zero-order valence-corrected chi connectivity index (χ0v) is 55.2. The smallest absolute Gasteiger partial charge is 0.145 e. The lowest BCUT2D eigenvalue weighted by atomic mass is 9.99. The summed E-state index contributed by atoms with van der Waals surface area (Å²) in [5.74, 6) is 0. The Morgan fingerprint density at radius 2 is 0.480 bits per heavy atom. The van der Waals surface area contributed by atoms with Gasteiger partial charge in [-0.05, 0) is 172 Å². The molecule has 0 unspecified atom stereocenters. The first kappa shape index (κ1) is 57.4. The van der Waals surface area contributed by atoms with Gasteiger partial charge in [0, 0.05) is 76.6 Å². The number of hydrogen-bond acceptors (Lipinski definition) is 2. The molecule has 22 rings (SSSR count). The maximum Gasteiger partial charge on any atom is 0.145 e. The maximum atomic E-state index is 6.67. The van der Waals surface area contributed by atoms with Crippen LogP contribution in [0.1, 0.15) is 0 Å². The van der Waals surface area contributed by atoms with Gasteiger partial charge in [-0.15, -0.1) is 0 Å². The minimum Gasteiger partial charge on any atom is -0.455 e. The molecular formula is C96H60N4O2. The van der Waals surface area contributed by atoms with Gasteiger partial charge < -0.3 is 27.1 Å². The Morgan fingerprint density at radius 1 is 0.157 bits per heavy atom. The van der Waals surface area contributed by atoms with Crippen LogP contribution in [0.4, 0.5) is 0 Å². The van der Waals surface area contributed by atoms with E-state index >= 15 is 0 Å². The standard InChI is InChI=1S/2C48H30N2O/c1-3-12-31(13-4-1)33-14-11-15-34(28-33)32-22-24-36(25-23-32)49-42-20-9-7-18-37(42)40-29-41-45(30-44(40)49)50(35-16-5-2-6-17-35)43-27-26-39-38-19-8-10-21-46(38)51-48(39)47(41)43;1-3-12-31(13-4-1)32-22-24-33(25-23-32)34-14-11-17-36(28-34)50-42-20-9-7-18-37(42)40-29-41-45(30-44(40)50)49(35-15-5-2-6-16-35)43-27-26-39-38-19-8-10-21-46(38)51-48(39)47(41)43/h2*1-30H. The van der Waals surface area contributed by atoms with E-state index in [9.17, 15) is 0 Å². The fraction of sp³-hybridized carbons (Fsp3) is 0. The summed E-state index contributed by atoms with van der Waals surface area (Å²) in [5.41, 5.74) is 27.1. The van der Waals surface area contributed by atoms with Crippen LogP contribution in [-0.2, 0) is 0 Å². The summed E-state index contributed by atoms with van der Waals surface area (Å²) in [5, 5.41) is 14.1. The molecule has 0 aliphatic heterocycles. The van der Waals surface area contributed by atoms with Gasteiger partial charge in [-0.3, -0.25) is 0 Å². The second-order valence-corrected chi connectivity index (χ2v) is 26.7. The van der Waals surface area contributed by atoms with Crippen molar-refractivity contribution in [1.82, 2.24) is 18.3 Å². The number of aromatic nitrogens is 4. The summed E-state index contributed by atoms with van der Waals surface area (Å²) in [6.45, 7) is 0. The molecule has 6 aromatic heterocycles. The van der Waals surface area contributed by atoms with Crippen molar-refractivity contribution in [3.63, 3.8) is 0 Å². The Bertz CT molecular complexity index is 7070. The third-order valence-corrected chi connectivity index (χ3v) is 21.0. The Morgan fingerprint density at radius 3 is 0.971 bits per heavy atom. The van der Waals surface area contributed by atoms with Crippen LogP contribution < -0.4 is 0 Å². The molecule has 0 atom stereocenters. The van der Waals surface area contributed by atoms with Gasteiger partial charge in [0.15, 0.2) is 0 Å². The quantitative estimate of drug-likeness (QED) is 0.152. The predicted octanol–water partition coefficient (Wildman–Crippen LogP) is 26.2. The van der Waals surface area contributed by atoms with Crippen molar-refractivity contribution in [3.05, 3.63) is 364 Å². The SMILES string of the molecule is c1ccc(-c2ccc(-c3cccc(-n4c5ccccc5c5cc6c7c8oc9ccccc9c8ccc7n(-c7ccccc7)c6cc54)c3)cc2)cc1.c1ccc(-c2cccc(-c3ccc(-n4c5ccccc5c5cc6c7c8oc9ccccc9c8ccc7n(-c7ccccc7)c6cc54)cc3)c2)cc1. The Hall–Kier alpha value is -13.7. The second kappa shape index (κ2) is 23.0. The van der Waals surface area contributed by atoms with Crippen LogP contribution in [0.2, 0.25) is 0 Å². The highest BCUT2D eigenvalue weighted by Gasteiger charge is 2.25. The summed E-state index contributed by atoms with van der Waals surface area (Å²) < 4.78 is 22.9. The van der Waals surface area contributed by atoms with E-state index < -0.39 is 0 Å². The first-order chi connectivity index (χ1) is 50.6. The summed E-state index contributed by atoms with van der Waals surface area (Å²) in [7, 11) is 0. The second-order valence-electron chi connectivity index (χ2n) is 26.7. The number of fused-ring (bicyclic) bond motifs is 20. The highest BCUT2D eigenvalue weighted by atomic mass is 16.3. The van der Waals surface area contributed by atoms with Crippen molar-refractivity contribution in [3.8, 4) is 67.3 Å². The first-order valence-corrected chi connectivity index (χ1v) is 34.9. The minimum atomic E-state index is 0.910. The van der Waals surface area contributed by atoms with Crippen molar-refractivity contribution in [2.75, 3.05) is 0 Å². The predicted molar refractivity (Wildman–Crippen MR) is 427 cm³/mol. The Labute approximate surface area is 585 Å². The van der Waals surface area contributed by atoms with Crippen molar-refractivity contribution >= 4 is 131 Å². The number of hydrogen-bond donors (Lipinski definition) is 0. The molecule has 0 aliphatic rings. The number of para-hydroxylation sites is 6. The fourth-order valence-electron chi connectivity index (χ4n) is 16.4. The van der Waals surface area contributed by atoms with Gasteiger partial charge in [0.1, 0.15) is 22.3 Å². The van der Waals surface area contributed by atoms with E-state index in [1.165, 1.54) is 98.9 Å². The largest absolute Gasteiger partial charge is 0.455 e. The lowest BCUT2D eigenvalue weighted by Gasteiger charge is -2.12. The van der Waals surface area contributed by atoms with Crippen LogP contribution in [0, 0.1) is 0 Å². The average Bonchev–Trinajstić information content (AvgIpc) is 1.55. The topological polar surface area (TPSA) is 46.0 Å². The molecule has 16 aromatic carbocycles. The molecule has 0 saturated carbocycles. The maximum absolute atomic E-state index is 6.67. The molecule has 0 saturated heterocycles. The lowest BCUT2D eigenvalue weighted by molar-refractivity contribution is 0.672. The van der Waals surface area contributed by atoms with E-state index in [4.69, 9.17) is 8.83 Å². The van der Waals surface area contributed by atoms with E-state index in [0.29, 0.717) is 0 Å². The van der Waals surface area contributed by atoms with Crippen LogP contribution >= 0.6 is 0 Å². The van der Waals surface area contributed by atoms with Crippen molar-refractivity contribution < 1.29 is 8.83 Å². The Kier molecular flexibility index (Phi) is 12.9. The molecule has 0 N–H and O–H groups in total. The van der Waals surface area contributed by atoms with Gasteiger partial charge in [0.2, 0.25) is 0 Å². The van der Waals surface area contributed by atoms with Crippen LogP contribution in [0.5, 0.6) is 0 Å². The number of rotatable bonds is 8. The summed E-state index contributed by atoms with van der Waals surface area (Å²) in [6.07, 6.45) is 0. The normalized spacial score (nSPS) is 11.9. The lowest BCUT2D eigenvalue weighted by Crippen LogP contribution is -1.96. The van der Waals surface area contributed by atoms with Gasteiger partial charge in [0.25, 0.3) is 0 Å². The van der Waals surface area contributed by atoms with Crippen LogP contribution in [0.25, 0.3) is 198 Å². The molecule has 0 amide bonds. The van der Waals surface area contributed by atoms with Crippen LogP contribution in [0.3, 0.4) is 0 Å². The number of furan rings is 2. The third-order valence-electron chi connectivity index (χ3n) is 21.0. The first-order valence-electron chi connectivity index (χ1n) is 34.9. The van der Waals surface area contributed by atoms with Crippen LogP contribution in [0.15, 0.2) is 373 Å². The van der Waals surface area contributed by atoms with Gasteiger partial charge in [0.05, 0.1) is 54.9 Å². The van der Waals surface area contributed by atoms with E-state index in [-0.39, 0.29) is 0 Å². The molecular weight excluding hydrogens is 1240 g/mol. The average molecular weight is 1300 g/mol. The molecule has 6 heteroatoms. The monoisotopic (exact) mass is 1300 g/mol. The van der Waals surface area contributed by atoms with Gasteiger partial charge in [-0.25, -0.2) is 0 Å². The highest BCUT2D eigenvalue weighted by molar-refractivity contribution is 6.29. The van der Waals surface area contributed by atoms with E-state index in [2.05, 4.69) is 370 Å². The zero-order chi connectivity index (χ0) is 66.9. The molecule has 0 aliphatic carbocycles. The molecule has 0 fully saturated rings. The van der Waals surface area contributed by atoms with E-state index in [0.717, 1.165) is 99.5 Å². The molecule has 0 radical (unpaired) electrons. The fourth-order valence-corrected chi connectivity index (χ4v) is 16.4. The van der Waals surface area contributed by atoms with E-state index in [1.54, 1.807) is 0 Å². The third kappa shape index (κ3) is 8.99. The summed E-state index contributed by atoms with van der Waals surface area (Å²) in [6, 6.07) is 131. The van der Waals surface area contributed by atoms with Crippen molar-refractivity contribution in [1.29, 1.82) is 0 Å². The van der Waals surface area contributed by atoms with Crippen LogP contribution in [-0.4, -0.2) is 18.3 Å². The minimum absolute atomic E-state index is 0.910. The van der Waals surface area contributed by atoms with Gasteiger partial charge >= 0.3 is 0 Å². The summed E-state index contributed by atoms with van der Waals surface area (Å²) in [4.78, 5) is 0. The summed E-state index contributed by atoms with van der Waals surface area (Å²) >= 11 is 0. The molecule has 0 bridgehead atoms. The van der Waals surface area contributed by atoms with Gasteiger partial charge in [-0.2, -0.15) is 0 Å². The van der Waals surface area contributed by atoms with Gasteiger partial charge in [-0.1, -0.05) is 237 Å². The molecule has 0 spiro atoms. The molecule has 102 heavy (non-hydrogen) atoms. The molecule has 476 valence electrons. The zero-order valence-electron chi connectivity index (χ0n) is 55.2. The molecule has 6 nitrogen and oxygen atoms in total. The molecule has 6 heterocycles. The number of benzene rings is 16. The number of nitrogens with zero attached hydrogens (tertiary/aromatic N) is 4. The van der Waals surface area contributed by atoms with E-state index in [1.807, 2.05) is 12.1 Å². The molecule has 22 aromatic rings. The Balaban J connectivity index is 0.000000133. The highest BCUT2D eigenvalue weighted by Crippen LogP contribution is 2.47.